The van der Waals surface area contributed by atoms with Gasteiger partial charge >= 0.3 is 5.97 Å². The third kappa shape index (κ3) is 3.40. The summed E-state index contributed by atoms with van der Waals surface area (Å²) in [6.07, 6.45) is 0. The van der Waals surface area contributed by atoms with Gasteiger partial charge in [0.05, 0.1) is 33.7 Å². The minimum Gasteiger partial charge on any atom is -0.463 e. The molecule has 0 aliphatic carbocycles. The van der Waals surface area contributed by atoms with Crippen LogP contribution in [0.4, 0.5) is 11.4 Å². The van der Waals surface area contributed by atoms with E-state index in [1.165, 1.54) is 40.6 Å². The molecule has 3 aromatic rings. The van der Waals surface area contributed by atoms with Crippen molar-refractivity contribution in [2.75, 3.05) is 11.6 Å². The molecule has 2 aromatic carbocycles. The van der Waals surface area contributed by atoms with Gasteiger partial charge in [0.1, 0.15) is 6.07 Å². The normalized spacial score (nSPS) is 19.8. The monoisotopic (exact) mass is 446 g/mol. The lowest BCUT2D eigenvalue weighted by Crippen LogP contribution is -2.54. The number of carbonyl (C=O) groups is 1. The summed E-state index contributed by atoms with van der Waals surface area (Å²) in [7, 11) is 0. The minimum absolute atomic E-state index is 0.0895. The van der Waals surface area contributed by atoms with Crippen LogP contribution in [0.25, 0.3) is 0 Å². The van der Waals surface area contributed by atoms with Crippen LogP contribution in [-0.4, -0.2) is 28.8 Å². The van der Waals surface area contributed by atoms with Gasteiger partial charge in [-0.25, -0.2) is 9.80 Å². The maximum Gasteiger partial charge on any atom is 0.350 e. The number of hydrazone groups is 1. The summed E-state index contributed by atoms with van der Waals surface area (Å²) in [5, 5.41) is 29.5. The van der Waals surface area contributed by atoms with Crippen LogP contribution in [0.1, 0.15) is 23.3 Å². The second-order valence-corrected chi connectivity index (χ2v) is 7.94. The van der Waals surface area contributed by atoms with Gasteiger partial charge in [0, 0.05) is 12.1 Å². The number of hydrogen-bond donors (Lipinski definition) is 0. The number of nitrogens with zero attached hydrogens (tertiary/aromatic N) is 4. The Morgan fingerprint density at radius 3 is 2.50 bits per heavy atom. The van der Waals surface area contributed by atoms with Crippen molar-refractivity contribution in [1.82, 2.24) is 0 Å². The first kappa shape index (κ1) is 21.2. The van der Waals surface area contributed by atoms with Gasteiger partial charge in [-0.2, -0.15) is 10.4 Å². The Bertz CT molecular complexity index is 1200. The molecule has 4 rings (SSSR count). The van der Waals surface area contributed by atoms with E-state index in [0.29, 0.717) is 11.4 Å². The summed E-state index contributed by atoms with van der Waals surface area (Å²) < 4.78 is 5.37. The molecule has 160 valence electrons. The first-order valence-corrected chi connectivity index (χ1v) is 10.7. The number of esters is 1. The molecule has 32 heavy (non-hydrogen) atoms. The van der Waals surface area contributed by atoms with Gasteiger partial charge in [-0.3, -0.25) is 10.1 Å². The van der Waals surface area contributed by atoms with E-state index in [4.69, 9.17) is 9.84 Å². The molecule has 1 aromatic heterocycles. The predicted molar refractivity (Wildman–Crippen MR) is 121 cm³/mol. The molecule has 0 bridgehead atoms. The Morgan fingerprint density at radius 1 is 1.22 bits per heavy atom. The molecular formula is C23H18N4O4S. The van der Waals surface area contributed by atoms with E-state index in [2.05, 4.69) is 6.07 Å². The second-order valence-electron chi connectivity index (χ2n) is 6.99. The number of benzene rings is 2. The molecule has 0 saturated heterocycles. The highest BCUT2D eigenvalue weighted by molar-refractivity contribution is 7.12. The fourth-order valence-corrected chi connectivity index (χ4v) is 4.55. The van der Waals surface area contributed by atoms with Gasteiger partial charge in [-0.15, -0.1) is 11.3 Å². The number of ether oxygens (including phenoxy) is 1. The number of nitro benzene ring substituents is 1. The molecule has 2 heterocycles. The molecule has 0 spiro atoms. The standard InChI is InChI=1S/C23H18N4O4S/c1-2-31-22(28)23(15-24)20(16-7-4-3-5-8-16)21(19-9-6-14-32-19)25-26(23)17-10-12-18(13-11-17)27(29)30/h3-14,20H,2H2,1H3/t20-,23+/m0/s1. The van der Waals surface area contributed by atoms with Crippen LogP contribution in [0.15, 0.2) is 77.2 Å². The van der Waals surface area contributed by atoms with E-state index < -0.39 is 22.3 Å². The number of rotatable bonds is 6. The third-order valence-corrected chi connectivity index (χ3v) is 6.09. The number of thiophene rings is 1. The van der Waals surface area contributed by atoms with Crippen LogP contribution >= 0.6 is 11.3 Å². The summed E-state index contributed by atoms with van der Waals surface area (Å²) in [6, 6.07) is 20.8. The highest BCUT2D eigenvalue weighted by Gasteiger charge is 2.60. The van der Waals surface area contributed by atoms with E-state index >= 15 is 0 Å². The van der Waals surface area contributed by atoms with Gasteiger partial charge in [0.25, 0.3) is 11.2 Å². The quantitative estimate of drug-likeness (QED) is 0.314. The van der Waals surface area contributed by atoms with Crippen molar-refractivity contribution in [1.29, 1.82) is 5.26 Å². The molecule has 0 fully saturated rings. The Kier molecular flexibility index (Phi) is 5.71. The zero-order chi connectivity index (χ0) is 22.7. The van der Waals surface area contributed by atoms with E-state index in [1.54, 1.807) is 6.92 Å². The first-order valence-electron chi connectivity index (χ1n) is 9.83. The Balaban J connectivity index is 1.96. The van der Waals surface area contributed by atoms with Crippen LogP contribution in [0, 0.1) is 21.4 Å². The van der Waals surface area contributed by atoms with Gasteiger partial charge in [-0.05, 0) is 36.1 Å². The van der Waals surface area contributed by atoms with Crippen molar-refractivity contribution in [2.24, 2.45) is 5.10 Å². The van der Waals surface area contributed by atoms with Crippen molar-refractivity contribution in [3.05, 3.63) is 92.7 Å². The average molecular weight is 446 g/mol. The fourth-order valence-electron chi connectivity index (χ4n) is 3.80. The van der Waals surface area contributed by atoms with Crippen LogP contribution in [0.5, 0.6) is 0 Å². The number of nitro groups is 1. The molecule has 0 unspecified atom stereocenters. The lowest BCUT2D eigenvalue weighted by Gasteiger charge is -2.33. The highest BCUT2D eigenvalue weighted by atomic mass is 32.1. The fraction of sp³-hybridized carbons (Fsp3) is 0.174. The SMILES string of the molecule is CCOC(=O)[C@@]1(C#N)[C@@H](c2ccccc2)C(c2cccs2)=NN1c1ccc([N+](=O)[O-])cc1. The summed E-state index contributed by atoms with van der Waals surface area (Å²) >= 11 is 1.45. The number of hydrogen-bond acceptors (Lipinski definition) is 8. The van der Waals surface area contributed by atoms with Crippen molar-refractivity contribution >= 4 is 34.4 Å². The molecule has 2 atom stereocenters. The largest absolute Gasteiger partial charge is 0.463 e. The van der Waals surface area contributed by atoms with Crippen molar-refractivity contribution in [3.8, 4) is 6.07 Å². The van der Waals surface area contributed by atoms with Crippen molar-refractivity contribution < 1.29 is 14.5 Å². The molecule has 0 saturated carbocycles. The first-order chi connectivity index (χ1) is 15.5. The van der Waals surface area contributed by atoms with E-state index in [1.807, 2.05) is 47.8 Å². The van der Waals surface area contributed by atoms with E-state index in [0.717, 1.165) is 10.4 Å². The molecule has 0 N–H and O–H groups in total. The highest BCUT2D eigenvalue weighted by Crippen LogP contribution is 2.46. The van der Waals surface area contributed by atoms with Crippen LogP contribution in [-0.2, 0) is 9.53 Å². The maximum atomic E-state index is 13.4. The van der Waals surface area contributed by atoms with Crippen LogP contribution in [0.2, 0.25) is 0 Å². The molecule has 8 nitrogen and oxygen atoms in total. The number of anilines is 1. The Labute approximate surface area is 188 Å². The minimum atomic E-state index is -1.83. The lowest BCUT2D eigenvalue weighted by molar-refractivity contribution is -0.384. The van der Waals surface area contributed by atoms with Crippen LogP contribution in [0.3, 0.4) is 0 Å². The molecule has 9 heteroatoms. The van der Waals surface area contributed by atoms with Gasteiger partial charge in [0.15, 0.2) is 0 Å². The van der Waals surface area contributed by atoms with Gasteiger partial charge in [0.2, 0.25) is 0 Å². The maximum absolute atomic E-state index is 13.4. The summed E-state index contributed by atoms with van der Waals surface area (Å²) in [5.41, 5.74) is -0.267. The number of carbonyl (C=O) groups excluding carboxylic acids is 1. The number of nitriles is 1. The van der Waals surface area contributed by atoms with Gasteiger partial charge in [-0.1, -0.05) is 36.4 Å². The summed E-state index contributed by atoms with van der Waals surface area (Å²) in [6.45, 7) is 1.76. The smallest absolute Gasteiger partial charge is 0.350 e. The lowest BCUT2D eigenvalue weighted by atomic mass is 9.77. The van der Waals surface area contributed by atoms with E-state index in [-0.39, 0.29) is 12.3 Å². The molecule has 1 aliphatic rings. The molecular weight excluding hydrogens is 428 g/mol. The Hall–Kier alpha value is -4.03. The molecule has 0 amide bonds. The predicted octanol–water partition coefficient (Wildman–Crippen LogP) is 4.49. The zero-order valence-electron chi connectivity index (χ0n) is 17.0. The van der Waals surface area contributed by atoms with Crippen molar-refractivity contribution in [2.45, 2.75) is 18.4 Å². The summed E-state index contributed by atoms with van der Waals surface area (Å²) in [5.74, 6) is -1.47. The molecule has 1 aliphatic heterocycles. The number of non-ortho nitro benzene ring substituents is 1. The summed E-state index contributed by atoms with van der Waals surface area (Å²) in [4.78, 5) is 24.8. The van der Waals surface area contributed by atoms with E-state index in [9.17, 15) is 20.2 Å². The van der Waals surface area contributed by atoms with Crippen LogP contribution < -0.4 is 5.01 Å². The average Bonchev–Trinajstić information content (AvgIpc) is 3.46. The second kappa shape index (κ2) is 8.61. The Morgan fingerprint density at radius 2 is 1.94 bits per heavy atom. The third-order valence-electron chi connectivity index (χ3n) is 5.20. The molecule has 0 radical (unpaired) electrons. The van der Waals surface area contributed by atoms with Crippen molar-refractivity contribution in [3.63, 3.8) is 0 Å². The zero-order valence-corrected chi connectivity index (χ0v) is 17.9. The topological polar surface area (TPSA) is 109 Å². The van der Waals surface area contributed by atoms with Gasteiger partial charge < -0.3 is 4.74 Å².